The van der Waals surface area contributed by atoms with Crippen LogP contribution in [0.25, 0.3) is 0 Å². The molecule has 0 aromatic carbocycles. The van der Waals surface area contributed by atoms with Crippen LogP contribution in [0.4, 0.5) is 0 Å². The second-order valence-corrected chi connectivity index (χ2v) is 6.14. The molecule has 1 aromatic rings. The predicted octanol–water partition coefficient (Wildman–Crippen LogP) is 2.34. The lowest BCUT2D eigenvalue weighted by molar-refractivity contribution is 0.0844. The summed E-state index contributed by atoms with van der Waals surface area (Å²) in [4.78, 5) is 8.86. The van der Waals surface area contributed by atoms with Crippen LogP contribution in [0.1, 0.15) is 31.2 Å². The Morgan fingerprint density at radius 3 is 2.79 bits per heavy atom. The van der Waals surface area contributed by atoms with Gasteiger partial charge in [0.15, 0.2) is 5.16 Å². The van der Waals surface area contributed by atoms with Crippen molar-refractivity contribution < 1.29 is 4.74 Å². The molecule has 1 fully saturated rings. The van der Waals surface area contributed by atoms with Crippen molar-refractivity contribution >= 4 is 11.8 Å². The molecule has 1 N–H and O–H groups in total. The highest BCUT2D eigenvalue weighted by Crippen LogP contribution is 2.16. The highest BCUT2D eigenvalue weighted by atomic mass is 32.2. The highest BCUT2D eigenvalue weighted by molar-refractivity contribution is 7.99. The molecule has 1 aliphatic rings. The predicted molar refractivity (Wildman–Crippen MR) is 78.7 cm³/mol. The average molecular weight is 281 g/mol. The Balaban J connectivity index is 1.68. The van der Waals surface area contributed by atoms with E-state index in [1.54, 1.807) is 11.8 Å². The van der Waals surface area contributed by atoms with Gasteiger partial charge in [0.1, 0.15) is 0 Å². The number of hydrogen-bond acceptors (Lipinski definition) is 5. The number of nitrogens with zero attached hydrogens (tertiary/aromatic N) is 2. The number of aryl methyl sites for hydroxylation is 2. The van der Waals surface area contributed by atoms with Gasteiger partial charge in [-0.15, -0.1) is 0 Å². The molecule has 0 bridgehead atoms. The van der Waals surface area contributed by atoms with Crippen LogP contribution in [0, 0.1) is 13.8 Å². The first-order chi connectivity index (χ1) is 9.15. The maximum absolute atomic E-state index is 5.67. The first-order valence-electron chi connectivity index (χ1n) is 6.95. The van der Waals surface area contributed by atoms with Gasteiger partial charge in [0.2, 0.25) is 0 Å². The second-order valence-electron chi connectivity index (χ2n) is 5.08. The van der Waals surface area contributed by atoms with Crippen molar-refractivity contribution in [2.75, 3.05) is 18.9 Å². The third-order valence-corrected chi connectivity index (χ3v) is 4.13. The minimum Gasteiger partial charge on any atom is -0.377 e. The van der Waals surface area contributed by atoms with Crippen molar-refractivity contribution in [1.29, 1.82) is 0 Å². The van der Waals surface area contributed by atoms with E-state index < -0.39 is 0 Å². The molecule has 1 aromatic heterocycles. The first kappa shape index (κ1) is 14.8. The van der Waals surface area contributed by atoms with Crippen LogP contribution in [-0.4, -0.2) is 41.0 Å². The Morgan fingerprint density at radius 1 is 1.42 bits per heavy atom. The zero-order valence-corrected chi connectivity index (χ0v) is 12.8. The second kappa shape index (κ2) is 7.22. The lowest BCUT2D eigenvalue weighted by Gasteiger charge is -2.19. The van der Waals surface area contributed by atoms with Crippen molar-refractivity contribution in [3.8, 4) is 0 Å². The van der Waals surface area contributed by atoms with Crippen molar-refractivity contribution in [2.24, 2.45) is 0 Å². The topological polar surface area (TPSA) is 47.0 Å². The normalized spacial score (nSPS) is 20.7. The molecule has 0 amide bonds. The lowest BCUT2D eigenvalue weighted by atomic mass is 10.1. The number of thioether (sulfide) groups is 1. The van der Waals surface area contributed by atoms with Crippen LogP contribution < -0.4 is 5.32 Å². The molecule has 0 spiro atoms. The van der Waals surface area contributed by atoms with Crippen molar-refractivity contribution in [3.63, 3.8) is 0 Å². The molecule has 2 rings (SSSR count). The van der Waals surface area contributed by atoms with Crippen molar-refractivity contribution in [2.45, 2.75) is 50.9 Å². The van der Waals surface area contributed by atoms with E-state index in [1.807, 2.05) is 19.9 Å². The molecular formula is C14H23N3OS. The van der Waals surface area contributed by atoms with Crippen molar-refractivity contribution in [3.05, 3.63) is 17.5 Å². The molecule has 4 nitrogen and oxygen atoms in total. The quantitative estimate of drug-likeness (QED) is 0.493. The Morgan fingerprint density at radius 2 is 2.16 bits per heavy atom. The number of ether oxygens (including phenoxy) is 1. The maximum Gasteiger partial charge on any atom is 0.188 e. The van der Waals surface area contributed by atoms with Gasteiger partial charge < -0.3 is 10.1 Å². The molecule has 1 aliphatic heterocycles. The van der Waals surface area contributed by atoms with E-state index in [0.717, 1.165) is 35.4 Å². The van der Waals surface area contributed by atoms with Gasteiger partial charge in [0.25, 0.3) is 0 Å². The Hall–Kier alpha value is -0.650. The molecule has 5 heteroatoms. The molecule has 2 unspecified atom stereocenters. The minimum absolute atomic E-state index is 0.391. The zero-order valence-electron chi connectivity index (χ0n) is 12.0. The van der Waals surface area contributed by atoms with E-state index in [1.165, 1.54) is 12.8 Å². The summed E-state index contributed by atoms with van der Waals surface area (Å²) in [5.74, 6) is 0.986. The number of aromatic nitrogens is 2. The summed E-state index contributed by atoms with van der Waals surface area (Å²) in [5.41, 5.74) is 2.08. The van der Waals surface area contributed by atoms with E-state index in [4.69, 9.17) is 4.74 Å². The Kier molecular flexibility index (Phi) is 5.60. The smallest absolute Gasteiger partial charge is 0.188 e. The summed E-state index contributed by atoms with van der Waals surface area (Å²) in [6.07, 6.45) is 2.77. The number of nitrogens with one attached hydrogen (secondary N) is 1. The number of hydrogen-bond donors (Lipinski definition) is 1. The molecule has 0 aliphatic carbocycles. The van der Waals surface area contributed by atoms with Gasteiger partial charge in [0, 0.05) is 36.3 Å². The van der Waals surface area contributed by atoms with Crippen LogP contribution >= 0.6 is 11.8 Å². The summed E-state index contributed by atoms with van der Waals surface area (Å²) < 4.78 is 5.67. The van der Waals surface area contributed by atoms with Crippen LogP contribution in [0.3, 0.4) is 0 Å². The molecule has 0 radical (unpaired) electrons. The fourth-order valence-corrected chi connectivity index (χ4v) is 3.13. The average Bonchev–Trinajstić information content (AvgIpc) is 2.87. The van der Waals surface area contributed by atoms with Crippen LogP contribution in [0.2, 0.25) is 0 Å². The van der Waals surface area contributed by atoms with E-state index in [0.29, 0.717) is 12.1 Å². The molecule has 2 heterocycles. The fourth-order valence-electron chi connectivity index (χ4n) is 2.32. The molecular weight excluding hydrogens is 258 g/mol. The van der Waals surface area contributed by atoms with E-state index in [9.17, 15) is 0 Å². The van der Waals surface area contributed by atoms with E-state index in [-0.39, 0.29) is 0 Å². The van der Waals surface area contributed by atoms with E-state index >= 15 is 0 Å². The third-order valence-electron chi connectivity index (χ3n) is 3.28. The summed E-state index contributed by atoms with van der Waals surface area (Å²) >= 11 is 1.71. The maximum atomic E-state index is 5.67. The summed E-state index contributed by atoms with van der Waals surface area (Å²) in [5, 5.41) is 4.40. The van der Waals surface area contributed by atoms with Gasteiger partial charge in [-0.05, 0) is 39.7 Å². The largest absolute Gasteiger partial charge is 0.377 e. The lowest BCUT2D eigenvalue weighted by Crippen LogP contribution is -2.38. The summed E-state index contributed by atoms with van der Waals surface area (Å²) in [6, 6.07) is 2.44. The standard InChI is InChI=1S/C14H23N3OS/c1-10-9-11(2)17-14(16-10)19-8-6-15-12(3)13-5-4-7-18-13/h9,12-13,15H,4-8H2,1-3H3. The van der Waals surface area contributed by atoms with Gasteiger partial charge in [-0.2, -0.15) is 0 Å². The summed E-state index contributed by atoms with van der Waals surface area (Å²) in [6.45, 7) is 8.10. The van der Waals surface area contributed by atoms with Crippen LogP contribution in [-0.2, 0) is 4.74 Å². The zero-order chi connectivity index (χ0) is 13.7. The Bertz CT molecular complexity index is 387. The molecule has 1 saturated heterocycles. The van der Waals surface area contributed by atoms with Gasteiger partial charge in [-0.3, -0.25) is 0 Å². The van der Waals surface area contributed by atoms with Gasteiger partial charge in [-0.1, -0.05) is 11.8 Å². The van der Waals surface area contributed by atoms with Gasteiger partial charge in [0.05, 0.1) is 6.10 Å². The minimum atomic E-state index is 0.391. The fraction of sp³-hybridized carbons (Fsp3) is 0.714. The van der Waals surface area contributed by atoms with Crippen molar-refractivity contribution in [1.82, 2.24) is 15.3 Å². The molecule has 2 atom stereocenters. The summed E-state index contributed by atoms with van der Waals surface area (Å²) in [7, 11) is 0. The van der Waals surface area contributed by atoms with Gasteiger partial charge >= 0.3 is 0 Å². The monoisotopic (exact) mass is 281 g/mol. The molecule has 106 valence electrons. The molecule has 19 heavy (non-hydrogen) atoms. The Labute approximate surface area is 119 Å². The number of rotatable bonds is 6. The van der Waals surface area contributed by atoms with Crippen LogP contribution in [0.5, 0.6) is 0 Å². The highest BCUT2D eigenvalue weighted by Gasteiger charge is 2.21. The first-order valence-corrected chi connectivity index (χ1v) is 7.94. The van der Waals surface area contributed by atoms with E-state index in [2.05, 4.69) is 22.2 Å². The van der Waals surface area contributed by atoms with Crippen LogP contribution in [0.15, 0.2) is 11.2 Å². The van der Waals surface area contributed by atoms with Gasteiger partial charge in [-0.25, -0.2) is 9.97 Å². The SMILES string of the molecule is Cc1cc(C)nc(SCCNC(C)C2CCCO2)n1. The molecule has 0 saturated carbocycles. The third kappa shape index (κ3) is 4.75.